The molecular formula is C24H29NO13. The lowest BCUT2D eigenvalue weighted by atomic mass is 9.98. The van der Waals surface area contributed by atoms with Crippen molar-refractivity contribution < 1.29 is 62.3 Å². The lowest BCUT2D eigenvalue weighted by molar-refractivity contribution is -0.288. The highest BCUT2D eigenvalue weighted by atomic mass is 16.7. The average molecular weight is 539 g/mol. The third-order valence-corrected chi connectivity index (χ3v) is 5.04. The number of amides is 1. The standard InChI is InChI=1S/C24H29NO13/c1-11(23(31)32)25-22(30)16-8-6-7-9-17(16)37-24-21(36-15(5)29)20(35-14(4)28)19(34-13(3)27)18(38-24)10-33-12(2)26/h6-9,11,18-21,24H,10H2,1-5H3,(H,25,30)(H,31,32)/t11?,18-,19-,20+,21-,24-/m1/s1. The fraction of sp³-hybridized carbons (Fsp3) is 0.500. The first-order valence-electron chi connectivity index (χ1n) is 11.4. The van der Waals surface area contributed by atoms with Crippen molar-refractivity contribution in [2.45, 2.75) is 71.4 Å². The summed E-state index contributed by atoms with van der Waals surface area (Å²) in [5.74, 6) is -5.29. The van der Waals surface area contributed by atoms with Gasteiger partial charge in [0.2, 0.25) is 12.4 Å². The van der Waals surface area contributed by atoms with Crippen LogP contribution in [0.3, 0.4) is 0 Å². The summed E-state index contributed by atoms with van der Waals surface area (Å²) in [7, 11) is 0. The number of esters is 4. The minimum absolute atomic E-state index is 0.0894. The zero-order valence-electron chi connectivity index (χ0n) is 21.3. The van der Waals surface area contributed by atoms with Crippen molar-refractivity contribution in [3.05, 3.63) is 29.8 Å². The van der Waals surface area contributed by atoms with E-state index in [1.54, 1.807) is 0 Å². The number of para-hydroxylation sites is 1. The second-order valence-electron chi connectivity index (χ2n) is 8.22. The third kappa shape index (κ3) is 8.44. The first-order chi connectivity index (χ1) is 17.8. The normalized spacial score (nSPS) is 23.2. The molecule has 0 aromatic heterocycles. The maximum absolute atomic E-state index is 12.7. The van der Waals surface area contributed by atoms with Crippen LogP contribution in [-0.4, -0.2) is 84.2 Å². The predicted octanol–water partition coefficient (Wildman–Crippen LogP) is 0.351. The monoisotopic (exact) mass is 539 g/mol. The lowest BCUT2D eigenvalue weighted by Gasteiger charge is -2.44. The van der Waals surface area contributed by atoms with Gasteiger partial charge in [0.25, 0.3) is 5.91 Å². The van der Waals surface area contributed by atoms with E-state index in [0.29, 0.717) is 0 Å². The fourth-order valence-electron chi connectivity index (χ4n) is 3.50. The van der Waals surface area contributed by atoms with Crippen molar-refractivity contribution in [3.63, 3.8) is 0 Å². The van der Waals surface area contributed by atoms with E-state index in [2.05, 4.69) is 5.32 Å². The summed E-state index contributed by atoms with van der Waals surface area (Å²) in [6, 6.07) is 4.51. The van der Waals surface area contributed by atoms with Crippen molar-refractivity contribution in [1.29, 1.82) is 0 Å². The Kier molecular flexibility index (Phi) is 10.6. The van der Waals surface area contributed by atoms with Crippen molar-refractivity contribution in [2.75, 3.05) is 6.61 Å². The number of hydrogen-bond donors (Lipinski definition) is 2. The van der Waals surface area contributed by atoms with Crippen molar-refractivity contribution >= 4 is 35.8 Å². The highest BCUT2D eigenvalue weighted by Gasteiger charge is 2.53. The molecule has 0 bridgehead atoms. The minimum atomic E-state index is -1.57. The molecule has 1 aromatic rings. The van der Waals surface area contributed by atoms with Crippen molar-refractivity contribution in [1.82, 2.24) is 5.32 Å². The smallest absolute Gasteiger partial charge is 0.325 e. The van der Waals surface area contributed by atoms with E-state index in [9.17, 15) is 28.8 Å². The molecule has 6 atom stereocenters. The van der Waals surface area contributed by atoms with Gasteiger partial charge in [-0.05, 0) is 19.1 Å². The van der Waals surface area contributed by atoms with Gasteiger partial charge in [-0.2, -0.15) is 0 Å². The number of carbonyl (C=O) groups is 6. The Morgan fingerprint density at radius 1 is 0.868 bits per heavy atom. The van der Waals surface area contributed by atoms with Crippen LogP contribution in [0.4, 0.5) is 0 Å². The molecule has 1 aliphatic heterocycles. The minimum Gasteiger partial charge on any atom is -0.480 e. The maximum atomic E-state index is 12.7. The van der Waals surface area contributed by atoms with E-state index in [-0.39, 0.29) is 11.3 Å². The third-order valence-electron chi connectivity index (χ3n) is 5.04. The molecular weight excluding hydrogens is 510 g/mol. The second-order valence-corrected chi connectivity index (χ2v) is 8.22. The van der Waals surface area contributed by atoms with E-state index in [4.69, 9.17) is 33.5 Å². The molecule has 14 heteroatoms. The molecule has 0 radical (unpaired) electrons. The Bertz CT molecular complexity index is 1070. The molecule has 1 amide bonds. The average Bonchev–Trinajstić information content (AvgIpc) is 2.80. The lowest BCUT2D eigenvalue weighted by Crippen LogP contribution is -2.63. The zero-order valence-corrected chi connectivity index (χ0v) is 21.3. The van der Waals surface area contributed by atoms with Crippen LogP contribution in [0.1, 0.15) is 45.0 Å². The van der Waals surface area contributed by atoms with Gasteiger partial charge in [0.05, 0.1) is 5.56 Å². The topological polar surface area (TPSA) is 190 Å². The molecule has 1 aliphatic rings. The molecule has 0 spiro atoms. The van der Waals surface area contributed by atoms with Gasteiger partial charge in [0.1, 0.15) is 24.5 Å². The summed E-state index contributed by atoms with van der Waals surface area (Å²) < 4.78 is 32.7. The van der Waals surface area contributed by atoms with Gasteiger partial charge in [0.15, 0.2) is 12.2 Å². The Morgan fingerprint density at radius 2 is 1.42 bits per heavy atom. The first kappa shape index (κ1) is 30.0. The number of benzene rings is 1. The SMILES string of the molecule is CC(=O)OC[C@H]1O[C@@H](Oc2ccccc2C(=O)NC(C)C(=O)O)[C@H](OC(C)=O)[C@@H](OC(C)=O)[C@@H]1OC(C)=O. The number of carboxylic acid groups (broad SMARTS) is 1. The van der Waals surface area contributed by atoms with Crippen LogP contribution in [0.25, 0.3) is 0 Å². The molecule has 1 aromatic carbocycles. The number of aliphatic carboxylic acids is 1. The number of ether oxygens (including phenoxy) is 6. The Labute approximate surface area is 217 Å². The highest BCUT2D eigenvalue weighted by Crippen LogP contribution is 2.32. The molecule has 1 fully saturated rings. The summed E-state index contributed by atoms with van der Waals surface area (Å²) in [6.07, 6.45) is -7.18. The number of nitrogens with one attached hydrogen (secondary N) is 1. The molecule has 14 nitrogen and oxygen atoms in total. The summed E-state index contributed by atoms with van der Waals surface area (Å²) >= 11 is 0. The van der Waals surface area contributed by atoms with Crippen LogP contribution in [0.5, 0.6) is 5.75 Å². The number of carboxylic acids is 1. The molecule has 0 aliphatic carbocycles. The van der Waals surface area contributed by atoms with Crippen LogP contribution in [-0.2, 0) is 47.7 Å². The van der Waals surface area contributed by atoms with E-state index >= 15 is 0 Å². The predicted molar refractivity (Wildman–Crippen MR) is 124 cm³/mol. The van der Waals surface area contributed by atoms with Crippen LogP contribution in [0.15, 0.2) is 24.3 Å². The zero-order chi connectivity index (χ0) is 28.6. The molecule has 1 saturated heterocycles. The number of hydrogen-bond acceptors (Lipinski definition) is 12. The van der Waals surface area contributed by atoms with Gasteiger partial charge in [0, 0.05) is 27.7 Å². The summed E-state index contributed by atoms with van der Waals surface area (Å²) in [5, 5.41) is 11.4. The molecule has 208 valence electrons. The van der Waals surface area contributed by atoms with Crippen LogP contribution in [0, 0.1) is 0 Å². The van der Waals surface area contributed by atoms with Gasteiger partial charge in [-0.3, -0.25) is 28.8 Å². The van der Waals surface area contributed by atoms with E-state index in [1.807, 2.05) is 0 Å². The highest BCUT2D eigenvalue weighted by molar-refractivity contribution is 5.98. The molecule has 38 heavy (non-hydrogen) atoms. The van der Waals surface area contributed by atoms with E-state index in [0.717, 1.165) is 27.7 Å². The number of rotatable bonds is 10. The van der Waals surface area contributed by atoms with Gasteiger partial charge >= 0.3 is 29.8 Å². The van der Waals surface area contributed by atoms with Gasteiger partial charge in [-0.15, -0.1) is 0 Å². The van der Waals surface area contributed by atoms with E-state index < -0.39 is 79.1 Å². The molecule has 0 saturated carbocycles. The Balaban J connectivity index is 2.51. The van der Waals surface area contributed by atoms with Crippen LogP contribution in [0.2, 0.25) is 0 Å². The van der Waals surface area contributed by atoms with E-state index in [1.165, 1.54) is 31.2 Å². The quantitative estimate of drug-likeness (QED) is 0.306. The van der Waals surface area contributed by atoms with Gasteiger partial charge in [-0.1, -0.05) is 12.1 Å². The second kappa shape index (κ2) is 13.4. The molecule has 2 rings (SSSR count). The maximum Gasteiger partial charge on any atom is 0.325 e. The molecule has 1 unspecified atom stereocenters. The molecule has 1 heterocycles. The van der Waals surface area contributed by atoms with Crippen LogP contribution < -0.4 is 10.1 Å². The largest absolute Gasteiger partial charge is 0.480 e. The Morgan fingerprint density at radius 3 is 1.97 bits per heavy atom. The summed E-state index contributed by atoms with van der Waals surface area (Å²) in [4.78, 5) is 71.1. The van der Waals surface area contributed by atoms with Gasteiger partial charge < -0.3 is 38.8 Å². The Hall–Kier alpha value is -4.20. The van der Waals surface area contributed by atoms with Crippen molar-refractivity contribution in [3.8, 4) is 5.75 Å². The number of carbonyl (C=O) groups excluding carboxylic acids is 5. The summed E-state index contributed by atoms with van der Waals surface area (Å²) in [6.45, 7) is 5.17. The van der Waals surface area contributed by atoms with Gasteiger partial charge in [-0.25, -0.2) is 0 Å². The van der Waals surface area contributed by atoms with Crippen LogP contribution >= 0.6 is 0 Å². The summed E-state index contributed by atoms with van der Waals surface area (Å²) in [5.41, 5.74) is -0.0894. The fourth-order valence-corrected chi connectivity index (χ4v) is 3.50. The first-order valence-corrected chi connectivity index (χ1v) is 11.4. The van der Waals surface area contributed by atoms with Crippen molar-refractivity contribution in [2.24, 2.45) is 0 Å². The molecule has 2 N–H and O–H groups in total.